The number of carbonyl (C=O) groups excluding carboxylic acids is 2. The fraction of sp³-hybridized carbons (Fsp3) is 0.542. The van der Waals surface area contributed by atoms with Crippen molar-refractivity contribution in [3.63, 3.8) is 0 Å². The van der Waals surface area contributed by atoms with Gasteiger partial charge in [-0.3, -0.25) is 14.4 Å². The van der Waals surface area contributed by atoms with Gasteiger partial charge in [-0.2, -0.15) is 0 Å². The molecule has 2 heterocycles. The van der Waals surface area contributed by atoms with E-state index >= 15 is 0 Å². The molecule has 4 rings (SSSR count). The molecule has 0 bridgehead atoms. The van der Waals surface area contributed by atoms with Gasteiger partial charge in [-0.15, -0.1) is 0 Å². The highest BCUT2D eigenvalue weighted by Gasteiger charge is 2.39. The number of phenols is 1. The molecule has 5 unspecified atom stereocenters. The van der Waals surface area contributed by atoms with Crippen LogP contribution in [0.2, 0.25) is 0 Å². The quantitative estimate of drug-likeness (QED) is 0.465. The lowest BCUT2D eigenvalue weighted by Crippen LogP contribution is -2.43. The average Bonchev–Trinajstić information content (AvgIpc) is 2.78. The highest BCUT2D eigenvalue weighted by atomic mass is 16.7. The molecule has 0 amide bonds. The summed E-state index contributed by atoms with van der Waals surface area (Å²) in [6, 6.07) is 2.80. The van der Waals surface area contributed by atoms with Crippen molar-refractivity contribution in [3.8, 4) is 5.75 Å². The van der Waals surface area contributed by atoms with Crippen molar-refractivity contribution >= 4 is 23.3 Å². The Kier molecular flexibility index (Phi) is 6.77. The topological polar surface area (TPSA) is 160 Å². The summed E-state index contributed by atoms with van der Waals surface area (Å²) < 4.78 is 17.9. The molecule has 10 nitrogen and oxygen atoms in total. The van der Waals surface area contributed by atoms with Gasteiger partial charge < -0.3 is 34.6 Å². The van der Waals surface area contributed by atoms with Crippen LogP contribution in [0.3, 0.4) is 0 Å². The first-order valence-corrected chi connectivity index (χ1v) is 11.3. The lowest BCUT2D eigenvalue weighted by Gasteiger charge is -2.39. The van der Waals surface area contributed by atoms with E-state index in [4.69, 9.17) is 19.3 Å². The molecule has 2 fully saturated rings. The van der Waals surface area contributed by atoms with E-state index in [1.807, 2.05) is 6.92 Å². The molecule has 6 atom stereocenters. The number of hydrogen-bond acceptors (Lipinski definition) is 9. The molecule has 34 heavy (non-hydrogen) atoms. The summed E-state index contributed by atoms with van der Waals surface area (Å²) in [5, 5.41) is 40.3. The van der Waals surface area contributed by atoms with Gasteiger partial charge in [0.2, 0.25) is 11.6 Å². The van der Waals surface area contributed by atoms with Crippen molar-refractivity contribution in [1.82, 2.24) is 0 Å². The van der Waals surface area contributed by atoms with Crippen molar-refractivity contribution < 1.29 is 49.0 Å². The van der Waals surface area contributed by atoms with Crippen LogP contribution in [0, 0.1) is 0 Å². The van der Waals surface area contributed by atoms with Crippen LogP contribution in [0.15, 0.2) is 17.7 Å². The van der Waals surface area contributed by atoms with Gasteiger partial charge in [-0.1, -0.05) is 6.07 Å². The standard InChI is InChI=1S/C24H28O10/c1-10-15(25)5-8-19(33-10)34-16-6-7-17(32-11(16)2)12-3-4-13-20(21(12)28)22(29)14(9-18(26)27)24(31)23(13)30/h3-4,10-11,15-17,19,25,28-29H,5-9H2,1-2H3,(H,26,27)/t10?,11-,15?,16?,17?,19?/m0/s1. The van der Waals surface area contributed by atoms with E-state index in [2.05, 4.69) is 0 Å². The summed E-state index contributed by atoms with van der Waals surface area (Å²) >= 11 is 0. The minimum Gasteiger partial charge on any atom is -0.507 e. The molecule has 3 aliphatic rings. The molecule has 2 saturated heterocycles. The first-order valence-electron chi connectivity index (χ1n) is 11.3. The second-order valence-electron chi connectivity index (χ2n) is 8.98. The molecule has 0 radical (unpaired) electrons. The molecule has 0 saturated carbocycles. The summed E-state index contributed by atoms with van der Waals surface area (Å²) in [6.07, 6.45) is -1.11. The SMILES string of the molecule is CC1OC(OC2CCC(c3ccc4c(c3O)C(O)=C(CC(=O)O)C(=O)C4=O)O[C@H]2C)CCC1O. The van der Waals surface area contributed by atoms with Crippen molar-refractivity contribution in [1.29, 1.82) is 0 Å². The number of aromatic hydroxyl groups is 1. The summed E-state index contributed by atoms with van der Waals surface area (Å²) in [7, 11) is 0. The van der Waals surface area contributed by atoms with E-state index in [1.54, 1.807) is 6.92 Å². The van der Waals surface area contributed by atoms with Crippen LogP contribution in [-0.4, -0.2) is 68.7 Å². The smallest absolute Gasteiger partial charge is 0.308 e. The second kappa shape index (κ2) is 9.46. The van der Waals surface area contributed by atoms with Crippen molar-refractivity contribution in [2.24, 2.45) is 0 Å². The molecule has 1 aromatic carbocycles. The fourth-order valence-electron chi connectivity index (χ4n) is 4.74. The number of fused-ring (bicyclic) bond motifs is 1. The van der Waals surface area contributed by atoms with E-state index in [1.165, 1.54) is 12.1 Å². The second-order valence-corrected chi connectivity index (χ2v) is 8.98. The van der Waals surface area contributed by atoms with Crippen LogP contribution >= 0.6 is 0 Å². The van der Waals surface area contributed by atoms with Crippen LogP contribution in [0.1, 0.15) is 73.5 Å². The maximum atomic E-state index is 12.4. The third-order valence-corrected chi connectivity index (χ3v) is 6.68. The van der Waals surface area contributed by atoms with Gasteiger partial charge in [0.05, 0.1) is 48.1 Å². The Labute approximate surface area is 195 Å². The van der Waals surface area contributed by atoms with Crippen LogP contribution in [0.5, 0.6) is 5.75 Å². The lowest BCUT2D eigenvalue weighted by molar-refractivity contribution is -0.260. The number of ether oxygens (including phenoxy) is 3. The van der Waals surface area contributed by atoms with E-state index in [-0.39, 0.29) is 29.4 Å². The fourth-order valence-corrected chi connectivity index (χ4v) is 4.74. The van der Waals surface area contributed by atoms with Crippen LogP contribution in [0.25, 0.3) is 5.76 Å². The number of Topliss-reactive ketones (excluding diaryl/α,β-unsaturated/α-hetero) is 2. The number of aliphatic carboxylic acids is 1. The van der Waals surface area contributed by atoms with Gasteiger partial charge in [0.15, 0.2) is 6.29 Å². The van der Waals surface area contributed by atoms with Crippen molar-refractivity contribution in [3.05, 3.63) is 34.4 Å². The number of carboxylic acid groups (broad SMARTS) is 1. The molecule has 10 heteroatoms. The number of aliphatic hydroxyl groups excluding tert-OH is 2. The zero-order valence-corrected chi connectivity index (χ0v) is 18.9. The van der Waals surface area contributed by atoms with E-state index in [9.17, 15) is 29.7 Å². The minimum atomic E-state index is -1.39. The predicted octanol–water partition coefficient (Wildman–Crippen LogP) is 2.41. The molecule has 4 N–H and O–H groups in total. The Bertz CT molecular complexity index is 1040. The maximum absolute atomic E-state index is 12.4. The third kappa shape index (κ3) is 4.46. The van der Waals surface area contributed by atoms with Crippen LogP contribution < -0.4 is 0 Å². The Balaban J connectivity index is 1.53. The predicted molar refractivity (Wildman–Crippen MR) is 116 cm³/mol. The number of phenolic OH excluding ortho intramolecular Hbond substituents is 1. The lowest BCUT2D eigenvalue weighted by atomic mass is 9.84. The molecule has 1 aromatic rings. The number of aliphatic hydroxyl groups is 2. The number of benzene rings is 1. The van der Waals surface area contributed by atoms with Gasteiger partial charge in [0.1, 0.15) is 11.5 Å². The number of hydrogen-bond donors (Lipinski definition) is 4. The Morgan fingerprint density at radius 1 is 1.03 bits per heavy atom. The summed E-state index contributed by atoms with van der Waals surface area (Å²) in [4.78, 5) is 35.8. The monoisotopic (exact) mass is 476 g/mol. The van der Waals surface area contributed by atoms with Gasteiger partial charge in [-0.25, -0.2) is 0 Å². The zero-order chi connectivity index (χ0) is 24.7. The normalized spacial score (nSPS) is 32.0. The summed E-state index contributed by atoms with van der Waals surface area (Å²) in [6.45, 7) is 3.62. The summed E-state index contributed by atoms with van der Waals surface area (Å²) in [5.74, 6) is -4.60. The molecule has 2 aliphatic heterocycles. The van der Waals surface area contributed by atoms with E-state index in [0.717, 1.165) is 0 Å². The largest absolute Gasteiger partial charge is 0.507 e. The van der Waals surface area contributed by atoms with Crippen molar-refractivity contribution in [2.45, 2.75) is 82.8 Å². The number of carbonyl (C=O) groups is 3. The highest BCUT2D eigenvalue weighted by Crippen LogP contribution is 2.43. The molecule has 0 aromatic heterocycles. The van der Waals surface area contributed by atoms with E-state index in [0.29, 0.717) is 31.2 Å². The summed E-state index contributed by atoms with van der Waals surface area (Å²) in [5.41, 5.74) is -0.682. The van der Waals surface area contributed by atoms with Crippen molar-refractivity contribution in [2.75, 3.05) is 0 Å². The van der Waals surface area contributed by atoms with Crippen LogP contribution in [-0.2, 0) is 23.8 Å². The minimum absolute atomic E-state index is 0.186. The Morgan fingerprint density at radius 2 is 1.76 bits per heavy atom. The average molecular weight is 476 g/mol. The number of rotatable bonds is 5. The maximum Gasteiger partial charge on any atom is 0.308 e. The van der Waals surface area contributed by atoms with Gasteiger partial charge in [0, 0.05) is 17.5 Å². The van der Waals surface area contributed by atoms with Gasteiger partial charge in [0.25, 0.3) is 0 Å². The molecule has 0 spiro atoms. The first-order chi connectivity index (χ1) is 16.1. The molecule has 184 valence electrons. The number of carboxylic acids is 1. The van der Waals surface area contributed by atoms with Gasteiger partial charge in [-0.05, 0) is 39.2 Å². The molecule has 1 aliphatic carbocycles. The molecular formula is C24H28O10. The third-order valence-electron chi connectivity index (χ3n) is 6.68. The first kappa shape index (κ1) is 24.3. The zero-order valence-electron chi connectivity index (χ0n) is 18.9. The van der Waals surface area contributed by atoms with E-state index < -0.39 is 59.5 Å². The van der Waals surface area contributed by atoms with Gasteiger partial charge >= 0.3 is 5.97 Å². The Hall–Kier alpha value is -2.79. The highest BCUT2D eigenvalue weighted by molar-refractivity contribution is 6.52. The molecular weight excluding hydrogens is 448 g/mol. The number of ketones is 2. The van der Waals surface area contributed by atoms with Crippen LogP contribution in [0.4, 0.5) is 0 Å². The Morgan fingerprint density at radius 3 is 2.41 bits per heavy atom.